The molecule has 0 unspecified atom stereocenters. The van der Waals surface area contributed by atoms with Crippen LogP contribution in [-0.4, -0.2) is 13.0 Å². The summed E-state index contributed by atoms with van der Waals surface area (Å²) in [6.45, 7) is 0. The average molecular weight is 326 g/mol. The van der Waals surface area contributed by atoms with E-state index in [4.69, 9.17) is 5.73 Å². The summed E-state index contributed by atoms with van der Waals surface area (Å²) < 4.78 is 0. The number of carbonyl (C=O) groups excluding carboxylic acids is 1. The number of nitrogens with two attached hydrogens (primary N) is 1. The molecule has 0 aliphatic heterocycles. The van der Waals surface area contributed by atoms with Gasteiger partial charge in [-0.25, -0.2) is 0 Å². The topological polar surface area (TPSA) is 55.1 Å². The van der Waals surface area contributed by atoms with Crippen LogP contribution in [0.2, 0.25) is 0 Å². The second kappa shape index (κ2) is 5.95. The zero-order valence-corrected chi connectivity index (χ0v) is 13.9. The van der Waals surface area contributed by atoms with Crippen LogP contribution in [0.15, 0.2) is 72.8 Å². The Bertz CT molecular complexity index is 1120. The highest BCUT2D eigenvalue weighted by molar-refractivity contribution is 6.16. The van der Waals surface area contributed by atoms with Gasteiger partial charge in [-0.15, -0.1) is 0 Å². The molecule has 3 N–H and O–H groups in total. The average Bonchev–Trinajstić information content (AvgIpc) is 2.66. The van der Waals surface area contributed by atoms with E-state index in [0.29, 0.717) is 5.56 Å². The first-order chi connectivity index (χ1) is 12.2. The molecule has 0 atom stereocenters. The highest BCUT2D eigenvalue weighted by atomic mass is 16.1. The smallest absolute Gasteiger partial charge is 0.249 e. The van der Waals surface area contributed by atoms with Crippen LogP contribution in [0.5, 0.6) is 0 Å². The number of nitrogens with one attached hydrogen (secondary N) is 1. The van der Waals surface area contributed by atoms with Gasteiger partial charge in [0.05, 0.1) is 0 Å². The van der Waals surface area contributed by atoms with Gasteiger partial charge in [0, 0.05) is 29.4 Å². The molecule has 0 aliphatic carbocycles. The van der Waals surface area contributed by atoms with Crippen molar-refractivity contribution in [2.45, 2.75) is 0 Å². The molecule has 0 saturated carbocycles. The van der Waals surface area contributed by atoms with Gasteiger partial charge < -0.3 is 11.1 Å². The summed E-state index contributed by atoms with van der Waals surface area (Å²) in [5.41, 5.74) is 9.11. The molecule has 3 heteroatoms. The Morgan fingerprint density at radius 1 is 0.760 bits per heavy atom. The Labute approximate surface area is 146 Å². The van der Waals surface area contributed by atoms with E-state index in [1.54, 1.807) is 0 Å². The van der Waals surface area contributed by atoms with Crippen LogP contribution in [-0.2, 0) is 0 Å². The summed E-state index contributed by atoms with van der Waals surface area (Å²) in [4.78, 5) is 12.2. The zero-order chi connectivity index (χ0) is 17.4. The van der Waals surface area contributed by atoms with Crippen molar-refractivity contribution in [1.82, 2.24) is 0 Å². The number of amides is 1. The Balaban J connectivity index is 2.24. The van der Waals surface area contributed by atoms with Crippen LogP contribution in [0.25, 0.3) is 32.7 Å². The molecule has 0 fully saturated rings. The van der Waals surface area contributed by atoms with Gasteiger partial charge in [0.2, 0.25) is 5.91 Å². The summed E-state index contributed by atoms with van der Waals surface area (Å²) in [6.07, 6.45) is 0. The van der Waals surface area contributed by atoms with Crippen LogP contribution in [0.3, 0.4) is 0 Å². The fourth-order valence-electron chi connectivity index (χ4n) is 3.50. The van der Waals surface area contributed by atoms with E-state index in [1.807, 2.05) is 61.6 Å². The molecule has 0 aromatic heterocycles. The van der Waals surface area contributed by atoms with E-state index in [2.05, 4.69) is 23.5 Å². The van der Waals surface area contributed by atoms with Crippen LogP contribution in [0.1, 0.15) is 10.4 Å². The fourth-order valence-corrected chi connectivity index (χ4v) is 3.50. The lowest BCUT2D eigenvalue weighted by Gasteiger charge is -2.18. The van der Waals surface area contributed by atoms with E-state index in [-0.39, 0.29) is 0 Å². The molecular weight excluding hydrogens is 308 g/mol. The maximum Gasteiger partial charge on any atom is 0.249 e. The van der Waals surface area contributed by atoms with Crippen LogP contribution < -0.4 is 11.1 Å². The van der Waals surface area contributed by atoms with Crippen molar-refractivity contribution in [2.75, 3.05) is 12.4 Å². The molecule has 4 aromatic rings. The molecule has 4 rings (SSSR count). The molecule has 0 aliphatic rings. The lowest BCUT2D eigenvalue weighted by molar-refractivity contribution is 0.100. The van der Waals surface area contributed by atoms with Gasteiger partial charge in [-0.05, 0) is 33.7 Å². The Hall–Kier alpha value is -3.33. The number of rotatable bonds is 3. The summed E-state index contributed by atoms with van der Waals surface area (Å²) in [5.74, 6) is -0.421. The van der Waals surface area contributed by atoms with E-state index >= 15 is 0 Å². The summed E-state index contributed by atoms with van der Waals surface area (Å²) in [6, 6.07) is 24.2. The SMILES string of the molecule is CNc1ccc2ccccc2c1-c1c(C(N)=O)ccc2ccccc12. The molecule has 0 bridgehead atoms. The number of hydrogen-bond acceptors (Lipinski definition) is 2. The van der Waals surface area contributed by atoms with Gasteiger partial charge in [0.15, 0.2) is 0 Å². The van der Waals surface area contributed by atoms with Crippen LogP contribution in [0, 0.1) is 0 Å². The normalized spacial score (nSPS) is 10.9. The third-order valence-electron chi connectivity index (χ3n) is 4.64. The van der Waals surface area contributed by atoms with Crippen molar-refractivity contribution in [3.05, 3.63) is 78.4 Å². The summed E-state index contributed by atoms with van der Waals surface area (Å²) in [5, 5.41) is 7.58. The maximum absolute atomic E-state index is 12.2. The Kier molecular flexibility index (Phi) is 3.62. The van der Waals surface area contributed by atoms with Gasteiger partial charge in [-0.2, -0.15) is 0 Å². The fraction of sp³-hybridized carbons (Fsp3) is 0.0455. The van der Waals surface area contributed by atoms with E-state index < -0.39 is 5.91 Å². The van der Waals surface area contributed by atoms with Gasteiger partial charge in [0.1, 0.15) is 0 Å². The van der Waals surface area contributed by atoms with Crippen molar-refractivity contribution in [1.29, 1.82) is 0 Å². The third kappa shape index (κ3) is 2.41. The molecule has 4 aromatic carbocycles. The lowest BCUT2D eigenvalue weighted by atomic mass is 9.88. The van der Waals surface area contributed by atoms with Crippen molar-refractivity contribution < 1.29 is 4.79 Å². The highest BCUT2D eigenvalue weighted by Crippen LogP contribution is 2.41. The molecular formula is C22H18N2O. The largest absolute Gasteiger partial charge is 0.388 e. The molecule has 0 heterocycles. The van der Waals surface area contributed by atoms with Gasteiger partial charge >= 0.3 is 0 Å². The second-order valence-corrected chi connectivity index (χ2v) is 6.03. The molecule has 0 saturated heterocycles. The number of anilines is 1. The lowest BCUT2D eigenvalue weighted by Crippen LogP contribution is -2.13. The van der Waals surface area contributed by atoms with Crippen LogP contribution in [0.4, 0.5) is 5.69 Å². The van der Waals surface area contributed by atoms with E-state index in [0.717, 1.165) is 38.4 Å². The maximum atomic E-state index is 12.2. The van der Waals surface area contributed by atoms with Gasteiger partial charge in [-0.1, -0.05) is 60.7 Å². The molecule has 1 amide bonds. The third-order valence-corrected chi connectivity index (χ3v) is 4.64. The predicted octanol–water partition coefficient (Wildman–Crippen LogP) is 4.80. The standard InChI is InChI=1S/C22H18N2O/c1-24-19-13-11-15-7-3-5-9-17(15)21(19)20-16-8-4-2-6-14(16)10-12-18(20)22(23)25/h2-13,24H,1H3,(H2,23,25). The first-order valence-corrected chi connectivity index (χ1v) is 8.22. The summed E-state index contributed by atoms with van der Waals surface area (Å²) >= 11 is 0. The zero-order valence-electron chi connectivity index (χ0n) is 13.9. The van der Waals surface area contributed by atoms with E-state index in [9.17, 15) is 4.79 Å². The van der Waals surface area contributed by atoms with Crippen molar-refractivity contribution >= 4 is 33.1 Å². The minimum Gasteiger partial charge on any atom is -0.388 e. The number of primary amides is 1. The Morgan fingerprint density at radius 3 is 1.92 bits per heavy atom. The van der Waals surface area contributed by atoms with Gasteiger partial charge in [0.25, 0.3) is 0 Å². The van der Waals surface area contributed by atoms with Crippen LogP contribution >= 0.6 is 0 Å². The first kappa shape index (κ1) is 15.2. The summed E-state index contributed by atoms with van der Waals surface area (Å²) in [7, 11) is 1.89. The molecule has 0 spiro atoms. The molecule has 122 valence electrons. The van der Waals surface area contributed by atoms with E-state index in [1.165, 1.54) is 0 Å². The number of carbonyl (C=O) groups is 1. The number of hydrogen-bond donors (Lipinski definition) is 2. The monoisotopic (exact) mass is 326 g/mol. The highest BCUT2D eigenvalue weighted by Gasteiger charge is 2.18. The predicted molar refractivity (Wildman–Crippen MR) is 105 cm³/mol. The second-order valence-electron chi connectivity index (χ2n) is 6.03. The minimum atomic E-state index is -0.421. The number of fused-ring (bicyclic) bond motifs is 2. The number of benzene rings is 4. The van der Waals surface area contributed by atoms with Crippen molar-refractivity contribution in [3.63, 3.8) is 0 Å². The minimum absolute atomic E-state index is 0.421. The van der Waals surface area contributed by atoms with Crippen molar-refractivity contribution in [3.8, 4) is 11.1 Å². The quantitative estimate of drug-likeness (QED) is 0.568. The Morgan fingerprint density at radius 2 is 1.32 bits per heavy atom. The first-order valence-electron chi connectivity index (χ1n) is 8.22. The molecule has 25 heavy (non-hydrogen) atoms. The van der Waals surface area contributed by atoms with Crippen molar-refractivity contribution in [2.24, 2.45) is 5.73 Å². The molecule has 3 nitrogen and oxygen atoms in total. The van der Waals surface area contributed by atoms with Gasteiger partial charge in [-0.3, -0.25) is 4.79 Å². The molecule has 0 radical (unpaired) electrons.